The highest BCUT2D eigenvalue weighted by Crippen LogP contribution is 2.39. The van der Waals surface area contributed by atoms with Crippen molar-refractivity contribution in [2.45, 2.75) is 84.7 Å². The largest absolute Gasteiger partial charge is 0.535 e. The summed E-state index contributed by atoms with van der Waals surface area (Å²) in [6.45, 7) is 24.8. The van der Waals surface area contributed by atoms with Gasteiger partial charge < -0.3 is 4.43 Å². The first kappa shape index (κ1) is 17.9. The van der Waals surface area contributed by atoms with Crippen molar-refractivity contribution in [2.75, 3.05) is 0 Å². The van der Waals surface area contributed by atoms with Crippen LogP contribution < -0.4 is 0 Å². The van der Waals surface area contributed by atoms with E-state index in [0.29, 0.717) is 0 Å². The molecule has 2 nitrogen and oxygen atoms in total. The molecule has 0 spiro atoms. The SMILES string of the molecule is C/C(=N/[Si](C)(C)C(C)(C)C)O[Si](C)(C)C(C)(C)C. The minimum atomic E-state index is -1.74. The lowest BCUT2D eigenvalue weighted by molar-refractivity contribution is 0.483. The van der Waals surface area contributed by atoms with Crippen LogP contribution in [0.2, 0.25) is 36.3 Å². The highest BCUT2D eigenvalue weighted by Gasteiger charge is 2.40. The molecule has 4 heteroatoms. The van der Waals surface area contributed by atoms with E-state index in [2.05, 4.69) is 67.7 Å². The molecule has 0 aromatic rings. The van der Waals surface area contributed by atoms with E-state index in [0.717, 1.165) is 5.90 Å². The summed E-state index contributed by atoms with van der Waals surface area (Å²) in [4.78, 5) is 0. The summed E-state index contributed by atoms with van der Waals surface area (Å²) >= 11 is 0. The van der Waals surface area contributed by atoms with E-state index in [1.807, 2.05) is 6.92 Å². The van der Waals surface area contributed by atoms with Crippen molar-refractivity contribution in [1.29, 1.82) is 0 Å². The molecule has 0 bridgehead atoms. The number of nitrogens with zero attached hydrogens (tertiary/aromatic N) is 1. The third kappa shape index (κ3) is 4.54. The molecule has 0 saturated carbocycles. The lowest BCUT2D eigenvalue weighted by Gasteiger charge is -2.38. The summed E-state index contributed by atoms with van der Waals surface area (Å²) in [5, 5.41) is 0.502. The summed E-state index contributed by atoms with van der Waals surface area (Å²) in [6, 6.07) is 0. The van der Waals surface area contributed by atoms with Gasteiger partial charge in [-0.1, -0.05) is 41.5 Å². The number of hydrogen-bond donors (Lipinski definition) is 0. The van der Waals surface area contributed by atoms with Crippen LogP contribution in [-0.4, -0.2) is 22.5 Å². The van der Waals surface area contributed by atoms with Gasteiger partial charge in [0.2, 0.25) is 0 Å². The normalized spacial score (nSPS) is 15.8. The molecule has 0 aromatic heterocycles. The molecule has 108 valence electrons. The van der Waals surface area contributed by atoms with Crippen molar-refractivity contribution in [3.8, 4) is 0 Å². The zero-order valence-electron chi connectivity index (χ0n) is 14.4. The molecule has 0 aliphatic carbocycles. The Hall–Kier alpha value is -0.0962. The van der Waals surface area contributed by atoms with Gasteiger partial charge in [0.25, 0.3) is 8.32 Å². The van der Waals surface area contributed by atoms with Crippen molar-refractivity contribution >= 4 is 22.5 Å². The molecule has 0 aromatic carbocycles. The Kier molecular flexibility index (Phi) is 5.09. The van der Waals surface area contributed by atoms with E-state index < -0.39 is 16.6 Å². The lowest BCUT2D eigenvalue weighted by Crippen LogP contribution is -2.43. The van der Waals surface area contributed by atoms with Gasteiger partial charge in [-0.25, -0.2) is 0 Å². The molecule has 0 amide bonds. The van der Waals surface area contributed by atoms with Crippen LogP contribution in [0, 0.1) is 0 Å². The predicted octanol–water partition coefficient (Wildman–Crippen LogP) is 5.43. The van der Waals surface area contributed by atoms with Crippen molar-refractivity contribution in [3.63, 3.8) is 0 Å². The summed E-state index contributed by atoms with van der Waals surface area (Å²) in [5.41, 5.74) is 0. The van der Waals surface area contributed by atoms with Gasteiger partial charge in [-0.15, -0.1) is 0 Å². The van der Waals surface area contributed by atoms with Gasteiger partial charge >= 0.3 is 0 Å². The standard InChI is InChI=1S/C14H33NOSi2/c1-12(15-17(8,9)13(2,3)4)16-18(10,11)14(5,6)7/h1-11H3/b15-12-. The van der Waals surface area contributed by atoms with E-state index in [1.54, 1.807) is 0 Å². The summed E-state index contributed by atoms with van der Waals surface area (Å²) < 4.78 is 11.2. The Balaban J connectivity index is 5.06. The van der Waals surface area contributed by atoms with Crippen LogP contribution in [0.1, 0.15) is 48.5 Å². The smallest absolute Gasteiger partial charge is 0.251 e. The average molecular weight is 288 g/mol. The Morgan fingerprint density at radius 1 is 0.833 bits per heavy atom. The van der Waals surface area contributed by atoms with Crippen LogP contribution in [0.4, 0.5) is 0 Å². The molecule has 18 heavy (non-hydrogen) atoms. The molecular formula is C14H33NOSi2. The monoisotopic (exact) mass is 287 g/mol. The first-order valence-corrected chi connectivity index (χ1v) is 12.7. The quantitative estimate of drug-likeness (QED) is 0.377. The first-order chi connectivity index (χ1) is 7.60. The van der Waals surface area contributed by atoms with E-state index >= 15 is 0 Å². The van der Waals surface area contributed by atoms with E-state index in [9.17, 15) is 0 Å². The molecular weight excluding hydrogens is 254 g/mol. The summed E-state index contributed by atoms with van der Waals surface area (Å²) in [6.07, 6.45) is 0. The van der Waals surface area contributed by atoms with Crippen LogP contribution in [0.15, 0.2) is 4.66 Å². The topological polar surface area (TPSA) is 21.6 Å². The lowest BCUT2D eigenvalue weighted by atomic mass is 10.2. The average Bonchev–Trinajstić information content (AvgIpc) is 1.95. The van der Waals surface area contributed by atoms with E-state index in [4.69, 9.17) is 9.08 Å². The second-order valence-electron chi connectivity index (χ2n) is 8.30. The molecule has 0 unspecified atom stereocenters. The third-order valence-corrected chi connectivity index (χ3v) is 13.4. The Morgan fingerprint density at radius 3 is 1.50 bits per heavy atom. The maximum Gasteiger partial charge on any atom is 0.251 e. The molecule has 0 saturated heterocycles. The Bertz CT molecular complexity index is 320. The molecule has 0 rings (SSSR count). The van der Waals surface area contributed by atoms with Gasteiger partial charge in [-0.3, -0.25) is 4.66 Å². The van der Waals surface area contributed by atoms with Gasteiger partial charge in [-0.05, 0) is 36.3 Å². The first-order valence-electron chi connectivity index (χ1n) is 6.86. The Labute approximate surface area is 116 Å². The minimum absolute atomic E-state index is 0.233. The molecule has 0 aliphatic rings. The molecule has 0 N–H and O–H groups in total. The molecule has 0 fully saturated rings. The fourth-order valence-electron chi connectivity index (χ4n) is 1.11. The zero-order valence-corrected chi connectivity index (χ0v) is 16.4. The molecule has 0 aliphatic heterocycles. The molecule has 0 radical (unpaired) electrons. The predicted molar refractivity (Wildman–Crippen MR) is 88.6 cm³/mol. The fraction of sp³-hybridized carbons (Fsp3) is 0.929. The van der Waals surface area contributed by atoms with Gasteiger partial charge in [-0.2, -0.15) is 0 Å². The van der Waals surface area contributed by atoms with E-state index in [-0.39, 0.29) is 10.1 Å². The van der Waals surface area contributed by atoms with Crippen molar-refractivity contribution in [1.82, 2.24) is 0 Å². The summed E-state index contributed by atoms with van der Waals surface area (Å²) in [5.74, 6) is 0.896. The van der Waals surface area contributed by atoms with Gasteiger partial charge in [0, 0.05) is 6.92 Å². The maximum atomic E-state index is 6.26. The fourth-order valence-corrected chi connectivity index (χ4v) is 3.46. The van der Waals surface area contributed by atoms with Crippen molar-refractivity contribution < 1.29 is 4.43 Å². The maximum absolute atomic E-state index is 6.26. The van der Waals surface area contributed by atoms with E-state index in [1.165, 1.54) is 0 Å². The summed E-state index contributed by atoms with van der Waals surface area (Å²) in [7, 11) is -3.38. The van der Waals surface area contributed by atoms with Crippen LogP contribution in [0.5, 0.6) is 0 Å². The number of hydrogen-bond acceptors (Lipinski definition) is 2. The minimum Gasteiger partial charge on any atom is -0.535 e. The van der Waals surface area contributed by atoms with Crippen molar-refractivity contribution in [2.24, 2.45) is 4.66 Å². The third-order valence-electron chi connectivity index (χ3n) is 4.48. The highest BCUT2D eigenvalue weighted by atomic mass is 28.4. The highest BCUT2D eigenvalue weighted by molar-refractivity contribution is 6.80. The van der Waals surface area contributed by atoms with Gasteiger partial charge in [0.05, 0.1) is 0 Å². The Morgan fingerprint density at radius 2 is 1.22 bits per heavy atom. The van der Waals surface area contributed by atoms with Crippen LogP contribution in [0.25, 0.3) is 0 Å². The number of rotatable bonds is 2. The van der Waals surface area contributed by atoms with Gasteiger partial charge in [0.15, 0.2) is 14.1 Å². The molecule has 0 atom stereocenters. The molecule has 0 heterocycles. The zero-order chi connectivity index (χ0) is 15.0. The second-order valence-corrected chi connectivity index (χ2v) is 17.9. The van der Waals surface area contributed by atoms with Crippen LogP contribution in [-0.2, 0) is 4.43 Å². The van der Waals surface area contributed by atoms with Crippen LogP contribution >= 0.6 is 0 Å². The van der Waals surface area contributed by atoms with Crippen LogP contribution in [0.3, 0.4) is 0 Å². The second kappa shape index (κ2) is 5.12. The van der Waals surface area contributed by atoms with Gasteiger partial charge in [0.1, 0.15) is 0 Å². The van der Waals surface area contributed by atoms with Crippen molar-refractivity contribution in [3.05, 3.63) is 0 Å².